The minimum absolute atomic E-state index is 0.0537. The average Bonchev–Trinajstić information content (AvgIpc) is 2.38. The highest BCUT2D eigenvalue weighted by Crippen LogP contribution is 2.36. The molecule has 0 fully saturated rings. The maximum absolute atomic E-state index is 12.2. The SMILES string of the molecule is CCOC(=O)Cc1ccc(OC(F)(F)F)c([N+](=O)[O-])c1C#N. The van der Waals surface area contributed by atoms with Gasteiger partial charge in [-0.25, -0.2) is 0 Å². The smallest absolute Gasteiger partial charge is 0.466 e. The Morgan fingerprint density at radius 2 is 2.09 bits per heavy atom. The van der Waals surface area contributed by atoms with Crippen LogP contribution in [-0.4, -0.2) is 23.9 Å². The molecule has 0 saturated carbocycles. The van der Waals surface area contributed by atoms with Crippen LogP contribution in [0.2, 0.25) is 0 Å². The topological polar surface area (TPSA) is 102 Å². The van der Waals surface area contributed by atoms with Crippen LogP contribution in [0.4, 0.5) is 18.9 Å². The summed E-state index contributed by atoms with van der Waals surface area (Å²) in [6, 6.07) is 3.08. The molecule has 10 heteroatoms. The van der Waals surface area contributed by atoms with Gasteiger partial charge in [0.05, 0.1) is 18.0 Å². The van der Waals surface area contributed by atoms with E-state index in [9.17, 15) is 28.1 Å². The van der Waals surface area contributed by atoms with E-state index in [1.54, 1.807) is 0 Å². The fraction of sp³-hybridized carbons (Fsp3) is 0.333. The van der Waals surface area contributed by atoms with Crippen molar-refractivity contribution in [2.45, 2.75) is 19.7 Å². The third-order valence-corrected chi connectivity index (χ3v) is 2.39. The van der Waals surface area contributed by atoms with Gasteiger partial charge in [-0.1, -0.05) is 6.07 Å². The number of hydrogen-bond acceptors (Lipinski definition) is 6. The van der Waals surface area contributed by atoms with Crippen molar-refractivity contribution < 1.29 is 32.4 Å². The van der Waals surface area contributed by atoms with Gasteiger partial charge in [0.25, 0.3) is 0 Å². The van der Waals surface area contributed by atoms with Crippen molar-refractivity contribution >= 4 is 11.7 Å². The van der Waals surface area contributed by atoms with Gasteiger partial charge in [0, 0.05) is 0 Å². The molecule has 22 heavy (non-hydrogen) atoms. The standard InChI is InChI=1S/C12H9F3N2O5/c1-2-21-10(18)5-7-3-4-9(22-12(13,14)15)11(17(19)20)8(7)6-16/h3-4H,2,5H2,1H3. The van der Waals surface area contributed by atoms with Gasteiger partial charge in [0.1, 0.15) is 11.6 Å². The van der Waals surface area contributed by atoms with Crippen LogP contribution in [0.25, 0.3) is 0 Å². The summed E-state index contributed by atoms with van der Waals surface area (Å²) in [6.07, 6.45) is -5.63. The summed E-state index contributed by atoms with van der Waals surface area (Å²) >= 11 is 0. The highest BCUT2D eigenvalue weighted by molar-refractivity contribution is 5.75. The number of nitro benzene ring substituents is 1. The van der Waals surface area contributed by atoms with E-state index in [1.807, 2.05) is 0 Å². The maximum atomic E-state index is 12.2. The highest BCUT2D eigenvalue weighted by atomic mass is 19.4. The summed E-state index contributed by atoms with van der Waals surface area (Å²) in [6.45, 7) is 1.59. The van der Waals surface area contributed by atoms with E-state index in [2.05, 4.69) is 9.47 Å². The molecule has 7 nitrogen and oxygen atoms in total. The summed E-state index contributed by atoms with van der Waals surface area (Å²) in [4.78, 5) is 21.1. The first-order chi connectivity index (χ1) is 10.2. The Bertz CT molecular complexity index is 637. The molecule has 0 atom stereocenters. The second-order valence-corrected chi connectivity index (χ2v) is 3.84. The van der Waals surface area contributed by atoms with Crippen LogP contribution < -0.4 is 4.74 Å². The van der Waals surface area contributed by atoms with E-state index in [0.717, 1.165) is 6.07 Å². The molecule has 0 aliphatic rings. The molecule has 0 N–H and O–H groups in total. The molecule has 0 unspecified atom stereocenters. The number of nitrogens with zero attached hydrogens (tertiary/aromatic N) is 2. The molecule has 0 spiro atoms. The Labute approximate surface area is 122 Å². The fourth-order valence-corrected chi connectivity index (χ4v) is 1.64. The number of nitriles is 1. The summed E-state index contributed by atoms with van der Waals surface area (Å²) in [5, 5.41) is 19.9. The van der Waals surface area contributed by atoms with E-state index in [0.29, 0.717) is 6.07 Å². The molecule has 1 rings (SSSR count). The lowest BCUT2D eigenvalue weighted by molar-refractivity contribution is -0.389. The van der Waals surface area contributed by atoms with Crippen LogP contribution >= 0.6 is 0 Å². The quantitative estimate of drug-likeness (QED) is 0.469. The minimum Gasteiger partial charge on any atom is -0.466 e. The van der Waals surface area contributed by atoms with Gasteiger partial charge < -0.3 is 9.47 Å². The lowest BCUT2D eigenvalue weighted by Gasteiger charge is -2.11. The van der Waals surface area contributed by atoms with Crippen LogP contribution in [0, 0.1) is 21.4 Å². The monoisotopic (exact) mass is 318 g/mol. The Morgan fingerprint density at radius 3 is 2.55 bits per heavy atom. The number of rotatable bonds is 5. The van der Waals surface area contributed by atoms with Gasteiger partial charge in [-0.05, 0) is 18.6 Å². The van der Waals surface area contributed by atoms with Gasteiger partial charge in [0.15, 0.2) is 0 Å². The Balaban J connectivity index is 3.35. The molecule has 0 heterocycles. The summed E-state index contributed by atoms with van der Waals surface area (Å²) in [7, 11) is 0. The number of nitro groups is 1. The van der Waals surface area contributed by atoms with Crippen LogP contribution in [0.5, 0.6) is 5.75 Å². The normalized spacial score (nSPS) is 10.7. The third kappa shape index (κ3) is 4.34. The van der Waals surface area contributed by atoms with Gasteiger partial charge >= 0.3 is 18.0 Å². The first kappa shape index (κ1) is 17.2. The van der Waals surface area contributed by atoms with Crippen LogP contribution in [0.1, 0.15) is 18.1 Å². The molecular formula is C12H9F3N2O5. The minimum atomic E-state index is -5.15. The molecule has 1 aromatic rings. The van der Waals surface area contributed by atoms with E-state index >= 15 is 0 Å². The van der Waals surface area contributed by atoms with E-state index in [-0.39, 0.29) is 12.2 Å². The molecule has 0 bridgehead atoms. The molecule has 0 aromatic heterocycles. The number of ether oxygens (including phenoxy) is 2. The maximum Gasteiger partial charge on any atom is 0.573 e. The van der Waals surface area contributed by atoms with Crippen molar-refractivity contribution in [3.05, 3.63) is 33.4 Å². The van der Waals surface area contributed by atoms with Crippen LogP contribution in [-0.2, 0) is 16.0 Å². The molecule has 0 aliphatic heterocycles. The van der Waals surface area contributed by atoms with E-state index < -0.39 is 40.7 Å². The summed E-state index contributed by atoms with van der Waals surface area (Å²) in [5.74, 6) is -1.89. The predicted molar refractivity (Wildman–Crippen MR) is 64.8 cm³/mol. The molecule has 0 aliphatic carbocycles. The number of halogens is 3. The zero-order valence-electron chi connectivity index (χ0n) is 11.1. The van der Waals surface area contributed by atoms with Crippen molar-refractivity contribution in [3.8, 4) is 11.8 Å². The van der Waals surface area contributed by atoms with Crippen LogP contribution in [0.3, 0.4) is 0 Å². The zero-order chi connectivity index (χ0) is 16.9. The molecule has 0 amide bonds. The number of hydrogen-bond donors (Lipinski definition) is 0. The number of esters is 1. The zero-order valence-corrected chi connectivity index (χ0v) is 11.1. The van der Waals surface area contributed by atoms with Crippen molar-refractivity contribution in [2.75, 3.05) is 6.61 Å². The Kier molecular flexibility index (Phi) is 5.28. The van der Waals surface area contributed by atoms with Crippen molar-refractivity contribution in [1.82, 2.24) is 0 Å². The first-order valence-corrected chi connectivity index (χ1v) is 5.81. The predicted octanol–water partition coefficient (Wildman–Crippen LogP) is 2.47. The van der Waals surface area contributed by atoms with Gasteiger partial charge in [-0.15, -0.1) is 13.2 Å². The lowest BCUT2D eigenvalue weighted by atomic mass is 10.0. The molecule has 0 saturated heterocycles. The van der Waals surface area contributed by atoms with Gasteiger partial charge in [-0.3, -0.25) is 14.9 Å². The summed E-state index contributed by atoms with van der Waals surface area (Å²) in [5.41, 5.74) is -1.95. The van der Waals surface area contributed by atoms with Gasteiger partial charge in [-0.2, -0.15) is 5.26 Å². The highest BCUT2D eigenvalue weighted by Gasteiger charge is 2.36. The third-order valence-electron chi connectivity index (χ3n) is 2.39. The van der Waals surface area contributed by atoms with E-state index in [1.165, 1.54) is 13.0 Å². The molecule has 0 radical (unpaired) electrons. The van der Waals surface area contributed by atoms with Crippen molar-refractivity contribution in [1.29, 1.82) is 5.26 Å². The number of carbonyl (C=O) groups is 1. The van der Waals surface area contributed by atoms with Crippen LogP contribution in [0.15, 0.2) is 12.1 Å². The second-order valence-electron chi connectivity index (χ2n) is 3.84. The lowest BCUT2D eigenvalue weighted by Crippen LogP contribution is -2.18. The number of carbonyl (C=O) groups excluding carboxylic acids is 1. The molecular weight excluding hydrogens is 309 g/mol. The molecule has 1 aromatic carbocycles. The van der Waals surface area contributed by atoms with Crippen molar-refractivity contribution in [2.24, 2.45) is 0 Å². The number of alkyl halides is 3. The van der Waals surface area contributed by atoms with Crippen molar-refractivity contribution in [3.63, 3.8) is 0 Å². The van der Waals surface area contributed by atoms with Gasteiger partial charge in [0.2, 0.25) is 5.75 Å². The molecule has 118 valence electrons. The average molecular weight is 318 g/mol. The second kappa shape index (κ2) is 6.75. The fourth-order valence-electron chi connectivity index (χ4n) is 1.64. The first-order valence-electron chi connectivity index (χ1n) is 5.81. The summed E-state index contributed by atoms with van der Waals surface area (Å²) < 4.78 is 44.9. The number of benzene rings is 1. The largest absolute Gasteiger partial charge is 0.573 e. The Morgan fingerprint density at radius 1 is 1.45 bits per heavy atom. The Hall–Kier alpha value is -2.83. The van der Waals surface area contributed by atoms with E-state index in [4.69, 9.17) is 5.26 Å².